The topological polar surface area (TPSA) is 42.7 Å². The first-order chi connectivity index (χ1) is 9.22. The van der Waals surface area contributed by atoms with Crippen molar-refractivity contribution in [2.75, 3.05) is 6.54 Å². The van der Waals surface area contributed by atoms with Crippen molar-refractivity contribution in [2.24, 2.45) is 7.05 Å². The molecule has 19 heavy (non-hydrogen) atoms. The number of nitrogens with zero attached hydrogens (tertiary/aromatic N) is 3. The van der Waals surface area contributed by atoms with Gasteiger partial charge in [0.1, 0.15) is 6.33 Å². The Balaban J connectivity index is 1.58. The van der Waals surface area contributed by atoms with Crippen molar-refractivity contribution in [1.82, 2.24) is 20.1 Å². The van der Waals surface area contributed by atoms with Gasteiger partial charge in [-0.15, -0.1) is 0 Å². The number of rotatable bonds is 4. The summed E-state index contributed by atoms with van der Waals surface area (Å²) in [6.45, 7) is 0.921. The largest absolute Gasteiger partial charge is 0.309 e. The van der Waals surface area contributed by atoms with Gasteiger partial charge in [0.15, 0.2) is 5.82 Å². The first-order valence-electron chi connectivity index (χ1n) is 6.58. The average Bonchev–Trinajstić information content (AvgIpc) is 2.96. The summed E-state index contributed by atoms with van der Waals surface area (Å²) in [5, 5.41) is 7.90. The molecule has 1 unspecified atom stereocenters. The van der Waals surface area contributed by atoms with E-state index in [-0.39, 0.29) is 0 Å². The zero-order chi connectivity index (χ0) is 13.2. The van der Waals surface area contributed by atoms with E-state index < -0.39 is 0 Å². The Kier molecular flexibility index (Phi) is 3.66. The van der Waals surface area contributed by atoms with Crippen molar-refractivity contribution in [2.45, 2.75) is 25.3 Å². The first-order valence-corrected chi connectivity index (χ1v) is 7.38. The van der Waals surface area contributed by atoms with Crippen LogP contribution in [0, 0.1) is 0 Å². The minimum atomic E-state index is 0.479. The Morgan fingerprint density at radius 1 is 1.47 bits per heavy atom. The SMILES string of the molecule is Cn1cnc(CCNC2CCc3cc(Br)ccc32)n1. The van der Waals surface area contributed by atoms with Crippen LogP contribution in [-0.2, 0) is 19.9 Å². The van der Waals surface area contributed by atoms with Crippen molar-refractivity contribution < 1.29 is 0 Å². The summed E-state index contributed by atoms with van der Waals surface area (Å²) >= 11 is 3.53. The lowest BCUT2D eigenvalue weighted by Gasteiger charge is -2.13. The van der Waals surface area contributed by atoms with E-state index in [1.807, 2.05) is 7.05 Å². The Morgan fingerprint density at radius 2 is 2.37 bits per heavy atom. The number of hydrogen-bond donors (Lipinski definition) is 1. The molecule has 5 heteroatoms. The minimum Gasteiger partial charge on any atom is -0.309 e. The van der Waals surface area contributed by atoms with Gasteiger partial charge in [-0.2, -0.15) is 5.10 Å². The second-order valence-electron chi connectivity index (χ2n) is 4.97. The van der Waals surface area contributed by atoms with Gasteiger partial charge in [-0.05, 0) is 36.1 Å². The van der Waals surface area contributed by atoms with Crippen LogP contribution < -0.4 is 5.32 Å². The molecule has 0 radical (unpaired) electrons. The maximum absolute atomic E-state index is 4.29. The fraction of sp³-hybridized carbons (Fsp3) is 0.429. The summed E-state index contributed by atoms with van der Waals surface area (Å²) in [5.41, 5.74) is 2.90. The van der Waals surface area contributed by atoms with Crippen molar-refractivity contribution in [3.63, 3.8) is 0 Å². The van der Waals surface area contributed by atoms with E-state index >= 15 is 0 Å². The zero-order valence-electron chi connectivity index (χ0n) is 10.9. The van der Waals surface area contributed by atoms with E-state index in [2.05, 4.69) is 49.5 Å². The number of benzene rings is 1. The fourth-order valence-electron chi connectivity index (χ4n) is 2.65. The average molecular weight is 321 g/mol. The molecular weight excluding hydrogens is 304 g/mol. The second-order valence-corrected chi connectivity index (χ2v) is 5.89. The molecule has 1 aliphatic rings. The smallest absolute Gasteiger partial charge is 0.151 e. The Labute approximate surface area is 121 Å². The number of aromatic nitrogens is 3. The standard InChI is InChI=1S/C14H17BrN4/c1-19-9-17-14(18-19)6-7-16-13-5-2-10-8-11(15)3-4-12(10)13/h3-4,8-9,13,16H,2,5-7H2,1H3. The molecule has 1 aromatic heterocycles. The summed E-state index contributed by atoms with van der Waals surface area (Å²) in [7, 11) is 1.90. The molecule has 0 aliphatic heterocycles. The highest BCUT2D eigenvalue weighted by molar-refractivity contribution is 9.10. The van der Waals surface area contributed by atoms with Crippen LogP contribution in [0.3, 0.4) is 0 Å². The van der Waals surface area contributed by atoms with E-state index in [0.29, 0.717) is 6.04 Å². The van der Waals surface area contributed by atoms with Crippen LogP contribution in [-0.4, -0.2) is 21.3 Å². The van der Waals surface area contributed by atoms with Gasteiger partial charge in [0.05, 0.1) is 0 Å². The summed E-state index contributed by atoms with van der Waals surface area (Å²) < 4.78 is 2.92. The molecule has 3 rings (SSSR count). The highest BCUT2D eigenvalue weighted by atomic mass is 79.9. The van der Waals surface area contributed by atoms with Crippen molar-refractivity contribution in [3.05, 3.63) is 46.0 Å². The predicted molar refractivity (Wildman–Crippen MR) is 77.9 cm³/mol. The summed E-state index contributed by atoms with van der Waals surface area (Å²) in [6.07, 6.45) is 4.97. The van der Waals surface area contributed by atoms with E-state index in [9.17, 15) is 0 Å². The quantitative estimate of drug-likeness (QED) is 0.940. The third-order valence-corrected chi connectivity index (χ3v) is 4.06. The number of halogens is 1. The lowest BCUT2D eigenvalue weighted by Crippen LogP contribution is -2.22. The number of nitrogens with one attached hydrogen (secondary N) is 1. The Hall–Kier alpha value is -1.20. The monoisotopic (exact) mass is 320 g/mol. The summed E-state index contributed by atoms with van der Waals surface area (Å²) in [6, 6.07) is 7.06. The van der Waals surface area contributed by atoms with Crippen molar-refractivity contribution >= 4 is 15.9 Å². The van der Waals surface area contributed by atoms with Gasteiger partial charge in [-0.1, -0.05) is 22.0 Å². The van der Waals surface area contributed by atoms with Gasteiger partial charge in [0, 0.05) is 30.5 Å². The lowest BCUT2D eigenvalue weighted by atomic mass is 10.1. The molecule has 0 spiro atoms. The van der Waals surface area contributed by atoms with Crippen LogP contribution >= 0.6 is 15.9 Å². The van der Waals surface area contributed by atoms with Crippen LogP contribution in [0.25, 0.3) is 0 Å². The first kappa shape index (κ1) is 12.8. The highest BCUT2D eigenvalue weighted by Crippen LogP contribution is 2.32. The van der Waals surface area contributed by atoms with Crippen LogP contribution in [0.1, 0.15) is 29.4 Å². The van der Waals surface area contributed by atoms with Gasteiger partial charge in [0.25, 0.3) is 0 Å². The number of aryl methyl sites for hydroxylation is 2. The van der Waals surface area contributed by atoms with Crippen LogP contribution in [0.2, 0.25) is 0 Å². The van der Waals surface area contributed by atoms with E-state index in [1.165, 1.54) is 22.0 Å². The molecular formula is C14H17BrN4. The number of hydrogen-bond acceptors (Lipinski definition) is 3. The summed E-state index contributed by atoms with van der Waals surface area (Å²) in [4.78, 5) is 4.24. The summed E-state index contributed by atoms with van der Waals surface area (Å²) in [5.74, 6) is 0.907. The molecule has 1 aliphatic carbocycles. The van der Waals surface area contributed by atoms with Crippen molar-refractivity contribution in [1.29, 1.82) is 0 Å². The van der Waals surface area contributed by atoms with Gasteiger partial charge in [-0.25, -0.2) is 4.98 Å². The lowest BCUT2D eigenvalue weighted by molar-refractivity contribution is 0.528. The molecule has 1 aromatic carbocycles. The molecule has 2 aromatic rings. The van der Waals surface area contributed by atoms with E-state index in [1.54, 1.807) is 11.0 Å². The molecule has 100 valence electrons. The van der Waals surface area contributed by atoms with Crippen LogP contribution in [0.5, 0.6) is 0 Å². The third kappa shape index (κ3) is 2.87. The molecule has 0 saturated carbocycles. The Morgan fingerprint density at radius 3 is 3.16 bits per heavy atom. The maximum Gasteiger partial charge on any atom is 0.151 e. The zero-order valence-corrected chi connectivity index (χ0v) is 12.5. The number of fused-ring (bicyclic) bond motifs is 1. The Bertz CT molecular complexity index is 579. The normalized spacial score (nSPS) is 17.7. The predicted octanol–water partition coefficient (Wildman–Crippen LogP) is 2.40. The van der Waals surface area contributed by atoms with Gasteiger partial charge in [-0.3, -0.25) is 4.68 Å². The molecule has 1 N–H and O–H groups in total. The molecule has 4 nitrogen and oxygen atoms in total. The van der Waals surface area contributed by atoms with E-state index in [0.717, 1.165) is 25.2 Å². The second kappa shape index (κ2) is 5.43. The highest BCUT2D eigenvalue weighted by Gasteiger charge is 2.21. The third-order valence-electron chi connectivity index (χ3n) is 3.57. The van der Waals surface area contributed by atoms with E-state index in [4.69, 9.17) is 0 Å². The molecule has 1 atom stereocenters. The molecule has 0 fully saturated rings. The van der Waals surface area contributed by atoms with Crippen LogP contribution in [0.4, 0.5) is 0 Å². The van der Waals surface area contributed by atoms with Gasteiger partial charge >= 0.3 is 0 Å². The fourth-order valence-corrected chi connectivity index (χ4v) is 3.06. The molecule has 1 heterocycles. The molecule has 0 bridgehead atoms. The minimum absolute atomic E-state index is 0.479. The maximum atomic E-state index is 4.29. The molecule has 0 saturated heterocycles. The van der Waals surface area contributed by atoms with Crippen molar-refractivity contribution in [3.8, 4) is 0 Å². The van der Waals surface area contributed by atoms with Gasteiger partial charge in [0.2, 0.25) is 0 Å². The van der Waals surface area contributed by atoms with Gasteiger partial charge < -0.3 is 5.32 Å². The molecule has 0 amide bonds. The van der Waals surface area contributed by atoms with Crippen LogP contribution in [0.15, 0.2) is 29.0 Å².